The van der Waals surface area contributed by atoms with Crippen LogP contribution in [0.5, 0.6) is 0 Å². The van der Waals surface area contributed by atoms with Crippen molar-refractivity contribution in [1.82, 2.24) is 9.80 Å². The van der Waals surface area contributed by atoms with E-state index in [1.165, 1.54) is 17.0 Å². The molecule has 0 atom stereocenters. The van der Waals surface area contributed by atoms with Crippen molar-refractivity contribution in [3.05, 3.63) is 29.0 Å². The fourth-order valence-electron chi connectivity index (χ4n) is 1.55. The number of carbonyl (C=O) groups excluding carboxylic acids is 2. The lowest BCUT2D eigenvalue weighted by molar-refractivity contribution is -0.130. The van der Waals surface area contributed by atoms with Crippen LogP contribution < -0.4 is 5.32 Å². The number of likely N-dealkylation sites (N-methyl/N-ethyl adjacent to an activating group) is 2. The van der Waals surface area contributed by atoms with Gasteiger partial charge in [0.1, 0.15) is 5.82 Å². The lowest BCUT2D eigenvalue weighted by Gasteiger charge is -2.18. The van der Waals surface area contributed by atoms with Crippen LogP contribution in [0.2, 0.25) is 5.02 Å². The Balaban J connectivity index is 2.42. The van der Waals surface area contributed by atoms with Crippen LogP contribution in [0.3, 0.4) is 0 Å². The summed E-state index contributed by atoms with van der Waals surface area (Å²) in [5.41, 5.74) is 0.0939. The maximum atomic E-state index is 13.5. The lowest BCUT2D eigenvalue weighted by atomic mass is 10.3. The predicted molar refractivity (Wildman–Crippen MR) is 80.8 cm³/mol. The Morgan fingerprint density at radius 2 is 1.95 bits per heavy atom. The minimum Gasteiger partial charge on any atom is -0.348 e. The molecule has 116 valence electrons. The van der Waals surface area contributed by atoms with E-state index in [9.17, 15) is 14.0 Å². The summed E-state index contributed by atoms with van der Waals surface area (Å²) < 4.78 is 13.5. The smallest absolute Gasteiger partial charge is 0.236 e. The van der Waals surface area contributed by atoms with Gasteiger partial charge in [0.2, 0.25) is 11.8 Å². The summed E-state index contributed by atoms with van der Waals surface area (Å²) in [6.07, 6.45) is 0.166. The first kappa shape index (κ1) is 17.4. The fourth-order valence-corrected chi connectivity index (χ4v) is 1.71. The molecule has 1 aromatic carbocycles. The van der Waals surface area contributed by atoms with E-state index in [0.29, 0.717) is 6.54 Å². The Hall–Kier alpha value is -1.66. The van der Waals surface area contributed by atoms with E-state index in [1.54, 1.807) is 26.0 Å². The van der Waals surface area contributed by atoms with Crippen LogP contribution in [-0.2, 0) is 9.59 Å². The van der Waals surface area contributed by atoms with Crippen LogP contribution in [-0.4, -0.2) is 55.8 Å². The SMILES string of the molecule is CN(CCC(=O)Nc1ccc(Cl)cc1F)CC(=O)N(C)C. The second-order valence-electron chi connectivity index (χ2n) is 4.95. The number of rotatable bonds is 6. The Morgan fingerprint density at radius 1 is 1.29 bits per heavy atom. The van der Waals surface area contributed by atoms with Gasteiger partial charge >= 0.3 is 0 Å². The number of nitrogens with zero attached hydrogens (tertiary/aromatic N) is 2. The fraction of sp³-hybridized carbons (Fsp3) is 0.429. The van der Waals surface area contributed by atoms with Crippen LogP contribution in [0, 0.1) is 5.82 Å². The molecule has 0 unspecified atom stereocenters. The topological polar surface area (TPSA) is 52.7 Å². The summed E-state index contributed by atoms with van der Waals surface area (Å²) in [4.78, 5) is 26.5. The molecule has 0 spiro atoms. The van der Waals surface area contributed by atoms with Crippen molar-refractivity contribution in [2.24, 2.45) is 0 Å². The molecule has 1 aromatic rings. The standard InChI is InChI=1S/C14H19ClFN3O2/c1-18(2)14(21)9-19(3)7-6-13(20)17-12-5-4-10(15)8-11(12)16/h4-5,8H,6-7,9H2,1-3H3,(H,17,20). The van der Waals surface area contributed by atoms with Crippen LogP contribution in [0.15, 0.2) is 18.2 Å². The molecular weight excluding hydrogens is 297 g/mol. The zero-order valence-corrected chi connectivity index (χ0v) is 13.1. The number of nitrogens with one attached hydrogen (secondary N) is 1. The average molecular weight is 316 g/mol. The van der Waals surface area contributed by atoms with Crippen molar-refractivity contribution in [2.75, 3.05) is 39.5 Å². The molecule has 1 N–H and O–H groups in total. The molecule has 21 heavy (non-hydrogen) atoms. The van der Waals surface area contributed by atoms with Gasteiger partial charge in [0.05, 0.1) is 12.2 Å². The van der Waals surface area contributed by atoms with Gasteiger partial charge in [0, 0.05) is 32.1 Å². The molecule has 0 aromatic heterocycles. The molecular formula is C14H19ClFN3O2. The number of benzene rings is 1. The third-order valence-corrected chi connectivity index (χ3v) is 3.06. The summed E-state index contributed by atoms with van der Waals surface area (Å²) in [6, 6.07) is 4.05. The Labute approximate surface area is 128 Å². The van der Waals surface area contributed by atoms with Gasteiger partial charge in [-0.3, -0.25) is 14.5 Å². The van der Waals surface area contributed by atoms with Crippen molar-refractivity contribution in [2.45, 2.75) is 6.42 Å². The molecule has 0 fully saturated rings. The van der Waals surface area contributed by atoms with Gasteiger partial charge in [-0.05, 0) is 25.2 Å². The molecule has 0 radical (unpaired) electrons. The summed E-state index contributed by atoms with van der Waals surface area (Å²) in [6.45, 7) is 0.635. The average Bonchev–Trinajstić information content (AvgIpc) is 2.39. The van der Waals surface area contributed by atoms with E-state index in [1.807, 2.05) is 0 Å². The second kappa shape index (κ2) is 7.95. The third-order valence-electron chi connectivity index (χ3n) is 2.83. The number of carbonyl (C=O) groups is 2. The number of amides is 2. The number of halogens is 2. The highest BCUT2D eigenvalue weighted by Crippen LogP contribution is 2.18. The molecule has 2 amide bonds. The van der Waals surface area contributed by atoms with E-state index >= 15 is 0 Å². The molecule has 0 aliphatic carbocycles. The van der Waals surface area contributed by atoms with Crippen molar-refractivity contribution in [1.29, 1.82) is 0 Å². The maximum absolute atomic E-state index is 13.5. The highest BCUT2D eigenvalue weighted by Gasteiger charge is 2.11. The highest BCUT2D eigenvalue weighted by atomic mass is 35.5. The third kappa shape index (κ3) is 6.10. The van der Waals surface area contributed by atoms with Crippen LogP contribution in [0.4, 0.5) is 10.1 Å². The zero-order valence-electron chi connectivity index (χ0n) is 12.3. The van der Waals surface area contributed by atoms with Gasteiger partial charge in [0.25, 0.3) is 0 Å². The number of hydrogen-bond donors (Lipinski definition) is 1. The monoisotopic (exact) mass is 315 g/mol. The molecule has 0 aliphatic heterocycles. The summed E-state index contributed by atoms with van der Waals surface area (Å²) in [7, 11) is 5.09. The molecule has 0 bridgehead atoms. The number of hydrogen-bond acceptors (Lipinski definition) is 3. The maximum Gasteiger partial charge on any atom is 0.236 e. The molecule has 0 aliphatic rings. The number of anilines is 1. The van der Waals surface area contributed by atoms with Gasteiger partial charge in [-0.15, -0.1) is 0 Å². The quantitative estimate of drug-likeness (QED) is 0.871. The molecule has 0 saturated heterocycles. The Bertz CT molecular complexity index is 523. The lowest BCUT2D eigenvalue weighted by Crippen LogP contribution is -2.35. The summed E-state index contributed by atoms with van der Waals surface area (Å²) in [5, 5.41) is 2.75. The Kier molecular flexibility index (Phi) is 6.58. The molecule has 1 rings (SSSR count). The zero-order chi connectivity index (χ0) is 16.0. The summed E-state index contributed by atoms with van der Waals surface area (Å²) >= 11 is 5.63. The van der Waals surface area contributed by atoms with E-state index in [0.717, 1.165) is 6.07 Å². The first-order valence-electron chi connectivity index (χ1n) is 6.43. The van der Waals surface area contributed by atoms with E-state index < -0.39 is 5.82 Å². The minimum atomic E-state index is -0.577. The van der Waals surface area contributed by atoms with E-state index in [2.05, 4.69) is 5.32 Å². The van der Waals surface area contributed by atoms with E-state index in [-0.39, 0.29) is 35.5 Å². The largest absolute Gasteiger partial charge is 0.348 e. The van der Waals surface area contributed by atoms with Crippen molar-refractivity contribution < 1.29 is 14.0 Å². The Morgan fingerprint density at radius 3 is 2.52 bits per heavy atom. The minimum absolute atomic E-state index is 0.0401. The van der Waals surface area contributed by atoms with Gasteiger partial charge < -0.3 is 10.2 Å². The first-order valence-corrected chi connectivity index (χ1v) is 6.81. The van der Waals surface area contributed by atoms with Crippen LogP contribution in [0.1, 0.15) is 6.42 Å². The normalized spacial score (nSPS) is 10.6. The van der Waals surface area contributed by atoms with Crippen LogP contribution in [0.25, 0.3) is 0 Å². The van der Waals surface area contributed by atoms with Crippen molar-refractivity contribution in [3.63, 3.8) is 0 Å². The van der Waals surface area contributed by atoms with E-state index in [4.69, 9.17) is 11.6 Å². The van der Waals surface area contributed by atoms with Gasteiger partial charge in [0.15, 0.2) is 0 Å². The van der Waals surface area contributed by atoms with Crippen molar-refractivity contribution in [3.8, 4) is 0 Å². The van der Waals surface area contributed by atoms with Crippen molar-refractivity contribution >= 4 is 29.1 Å². The first-order chi connectivity index (χ1) is 9.79. The molecule has 0 saturated carbocycles. The molecule has 5 nitrogen and oxygen atoms in total. The van der Waals surface area contributed by atoms with Crippen LogP contribution >= 0.6 is 11.6 Å². The van der Waals surface area contributed by atoms with Gasteiger partial charge in [-0.1, -0.05) is 11.6 Å². The second-order valence-corrected chi connectivity index (χ2v) is 5.38. The molecule has 0 heterocycles. The summed E-state index contributed by atoms with van der Waals surface area (Å²) in [5.74, 6) is -0.936. The van der Waals surface area contributed by atoms with Gasteiger partial charge in [-0.25, -0.2) is 4.39 Å². The predicted octanol–water partition coefficient (Wildman–Crippen LogP) is 1.83. The van der Waals surface area contributed by atoms with Gasteiger partial charge in [-0.2, -0.15) is 0 Å². The molecule has 7 heteroatoms. The highest BCUT2D eigenvalue weighted by molar-refractivity contribution is 6.30.